The molecule has 0 fully saturated rings. The lowest BCUT2D eigenvalue weighted by Gasteiger charge is -2.09. The fraction of sp³-hybridized carbons (Fsp3) is 0.0625. The molecule has 0 aliphatic rings. The van der Waals surface area contributed by atoms with Crippen LogP contribution in [0.2, 0.25) is 5.15 Å². The first-order chi connectivity index (χ1) is 10.1. The third-order valence-corrected chi connectivity index (χ3v) is 3.61. The SMILES string of the molecule is Cn1c(=O)c(-c2ccc(C#N)cc2)cc2cnc(Cl)cc21. The summed E-state index contributed by atoms with van der Waals surface area (Å²) in [7, 11) is 1.70. The van der Waals surface area contributed by atoms with Crippen LogP contribution in [0.3, 0.4) is 0 Å². The number of aromatic nitrogens is 2. The molecule has 0 amide bonds. The van der Waals surface area contributed by atoms with E-state index in [4.69, 9.17) is 16.9 Å². The van der Waals surface area contributed by atoms with Crippen LogP contribution >= 0.6 is 11.6 Å². The number of halogens is 1. The van der Waals surface area contributed by atoms with Crippen LogP contribution in [0.25, 0.3) is 22.0 Å². The number of hydrogen-bond acceptors (Lipinski definition) is 3. The van der Waals surface area contributed by atoms with Gasteiger partial charge in [0.05, 0.1) is 17.1 Å². The van der Waals surface area contributed by atoms with E-state index in [2.05, 4.69) is 11.1 Å². The summed E-state index contributed by atoms with van der Waals surface area (Å²) >= 11 is 5.88. The van der Waals surface area contributed by atoms with E-state index < -0.39 is 0 Å². The third-order valence-electron chi connectivity index (χ3n) is 3.40. The Kier molecular flexibility index (Phi) is 3.20. The van der Waals surface area contributed by atoms with Crippen LogP contribution in [-0.2, 0) is 7.05 Å². The Balaban J connectivity index is 2.28. The largest absolute Gasteiger partial charge is 0.311 e. The lowest BCUT2D eigenvalue weighted by molar-refractivity contribution is 0.907. The number of nitrogens with zero attached hydrogens (tertiary/aromatic N) is 3. The zero-order valence-corrected chi connectivity index (χ0v) is 11.9. The molecule has 0 N–H and O–H groups in total. The number of hydrogen-bond donors (Lipinski definition) is 0. The molecule has 3 rings (SSSR count). The number of rotatable bonds is 1. The highest BCUT2D eigenvalue weighted by Crippen LogP contribution is 2.22. The van der Waals surface area contributed by atoms with Crippen molar-refractivity contribution < 1.29 is 0 Å². The molecule has 0 aliphatic heterocycles. The van der Waals surface area contributed by atoms with Crippen molar-refractivity contribution in [3.05, 3.63) is 63.7 Å². The van der Waals surface area contributed by atoms with Crippen molar-refractivity contribution in [2.24, 2.45) is 7.05 Å². The molecule has 0 unspecified atom stereocenters. The molecule has 0 atom stereocenters. The summed E-state index contributed by atoms with van der Waals surface area (Å²) in [6.45, 7) is 0. The normalized spacial score (nSPS) is 10.5. The van der Waals surface area contributed by atoms with Crippen LogP contribution < -0.4 is 5.56 Å². The summed E-state index contributed by atoms with van der Waals surface area (Å²) in [6, 6.07) is 12.4. The van der Waals surface area contributed by atoms with Crippen molar-refractivity contribution in [3.8, 4) is 17.2 Å². The van der Waals surface area contributed by atoms with Gasteiger partial charge >= 0.3 is 0 Å². The monoisotopic (exact) mass is 295 g/mol. The maximum absolute atomic E-state index is 12.5. The van der Waals surface area contributed by atoms with Crippen molar-refractivity contribution in [2.75, 3.05) is 0 Å². The average molecular weight is 296 g/mol. The highest BCUT2D eigenvalue weighted by atomic mass is 35.5. The predicted octanol–water partition coefficient (Wildman–Crippen LogP) is 3.13. The maximum atomic E-state index is 12.5. The third kappa shape index (κ3) is 2.28. The first-order valence-electron chi connectivity index (χ1n) is 6.26. The molecule has 3 aromatic rings. The Morgan fingerprint density at radius 3 is 2.62 bits per heavy atom. The van der Waals surface area contributed by atoms with Crippen LogP contribution in [0, 0.1) is 11.3 Å². The van der Waals surface area contributed by atoms with Gasteiger partial charge in [0.25, 0.3) is 5.56 Å². The molecule has 21 heavy (non-hydrogen) atoms. The molecule has 0 saturated carbocycles. The van der Waals surface area contributed by atoms with Gasteiger partial charge < -0.3 is 4.57 Å². The Morgan fingerprint density at radius 1 is 1.24 bits per heavy atom. The van der Waals surface area contributed by atoms with Crippen LogP contribution in [0.5, 0.6) is 0 Å². The van der Waals surface area contributed by atoms with Gasteiger partial charge in [-0.1, -0.05) is 23.7 Å². The lowest BCUT2D eigenvalue weighted by Crippen LogP contribution is -2.19. The van der Waals surface area contributed by atoms with E-state index in [0.29, 0.717) is 16.3 Å². The van der Waals surface area contributed by atoms with E-state index in [1.165, 1.54) is 0 Å². The average Bonchev–Trinajstić information content (AvgIpc) is 2.51. The summed E-state index contributed by atoms with van der Waals surface area (Å²) in [6.07, 6.45) is 1.64. The Morgan fingerprint density at radius 2 is 1.95 bits per heavy atom. The zero-order valence-electron chi connectivity index (χ0n) is 11.2. The zero-order chi connectivity index (χ0) is 15.0. The van der Waals surface area contributed by atoms with Gasteiger partial charge in [0.2, 0.25) is 0 Å². The summed E-state index contributed by atoms with van der Waals surface area (Å²) in [5.74, 6) is 0. The molecule has 4 nitrogen and oxygen atoms in total. The van der Waals surface area contributed by atoms with Crippen LogP contribution in [0.4, 0.5) is 0 Å². The Bertz CT molecular complexity index is 937. The molecule has 0 radical (unpaired) electrons. The summed E-state index contributed by atoms with van der Waals surface area (Å²) < 4.78 is 1.55. The molecule has 5 heteroatoms. The smallest absolute Gasteiger partial charge is 0.258 e. The van der Waals surface area contributed by atoms with Gasteiger partial charge in [-0.25, -0.2) is 4.98 Å². The summed E-state index contributed by atoms with van der Waals surface area (Å²) in [5.41, 5.74) is 2.52. The topological polar surface area (TPSA) is 58.7 Å². The van der Waals surface area contributed by atoms with Gasteiger partial charge in [-0.05, 0) is 29.8 Å². The second-order valence-electron chi connectivity index (χ2n) is 4.68. The van der Waals surface area contributed by atoms with Crippen molar-refractivity contribution in [1.29, 1.82) is 5.26 Å². The predicted molar refractivity (Wildman–Crippen MR) is 82.1 cm³/mol. The Hall–Kier alpha value is -2.64. The molecular formula is C16H10ClN3O. The van der Waals surface area contributed by atoms with Crippen molar-refractivity contribution >= 4 is 22.5 Å². The fourth-order valence-electron chi connectivity index (χ4n) is 2.27. The van der Waals surface area contributed by atoms with Gasteiger partial charge in [-0.15, -0.1) is 0 Å². The first-order valence-corrected chi connectivity index (χ1v) is 6.64. The lowest BCUT2D eigenvalue weighted by atomic mass is 10.0. The minimum Gasteiger partial charge on any atom is -0.311 e. The van der Waals surface area contributed by atoms with E-state index in [1.807, 2.05) is 0 Å². The van der Waals surface area contributed by atoms with Crippen molar-refractivity contribution in [3.63, 3.8) is 0 Å². The molecule has 2 heterocycles. The van der Waals surface area contributed by atoms with Crippen molar-refractivity contribution in [1.82, 2.24) is 9.55 Å². The molecule has 2 aromatic heterocycles. The maximum Gasteiger partial charge on any atom is 0.258 e. The molecule has 0 spiro atoms. The number of pyridine rings is 2. The molecule has 0 saturated heterocycles. The van der Waals surface area contributed by atoms with Gasteiger partial charge in [-0.3, -0.25) is 4.79 Å². The van der Waals surface area contributed by atoms with E-state index >= 15 is 0 Å². The van der Waals surface area contributed by atoms with Gasteiger partial charge in [0, 0.05) is 24.2 Å². The van der Waals surface area contributed by atoms with E-state index in [0.717, 1.165) is 16.5 Å². The second kappa shape index (κ2) is 5.04. The molecule has 0 aliphatic carbocycles. The highest BCUT2D eigenvalue weighted by molar-refractivity contribution is 6.30. The van der Waals surface area contributed by atoms with Gasteiger partial charge in [-0.2, -0.15) is 5.26 Å². The standard InChI is InChI=1S/C16H10ClN3O/c1-20-14-7-15(17)19-9-12(14)6-13(16(20)21)11-4-2-10(8-18)3-5-11/h2-7,9H,1H3. The van der Waals surface area contributed by atoms with E-state index in [1.54, 1.807) is 54.2 Å². The molecule has 0 bridgehead atoms. The van der Waals surface area contributed by atoms with Crippen LogP contribution in [-0.4, -0.2) is 9.55 Å². The first kappa shape index (κ1) is 13.3. The summed E-state index contributed by atoms with van der Waals surface area (Å²) in [5, 5.41) is 10.0. The molecule has 1 aromatic carbocycles. The Labute approximate surface area is 125 Å². The number of fused-ring (bicyclic) bond motifs is 1. The highest BCUT2D eigenvalue weighted by Gasteiger charge is 2.09. The fourth-order valence-corrected chi connectivity index (χ4v) is 2.42. The second-order valence-corrected chi connectivity index (χ2v) is 5.06. The van der Waals surface area contributed by atoms with E-state index in [-0.39, 0.29) is 5.56 Å². The molecular weight excluding hydrogens is 286 g/mol. The molecule has 102 valence electrons. The minimum absolute atomic E-state index is 0.116. The number of benzene rings is 1. The van der Waals surface area contributed by atoms with Crippen molar-refractivity contribution in [2.45, 2.75) is 0 Å². The van der Waals surface area contributed by atoms with E-state index in [9.17, 15) is 4.79 Å². The quantitative estimate of drug-likeness (QED) is 0.648. The van der Waals surface area contributed by atoms with Crippen LogP contribution in [0.15, 0.2) is 47.4 Å². The van der Waals surface area contributed by atoms with Gasteiger partial charge in [0.15, 0.2) is 0 Å². The summed E-state index contributed by atoms with van der Waals surface area (Å²) in [4.78, 5) is 16.5. The van der Waals surface area contributed by atoms with Crippen LogP contribution in [0.1, 0.15) is 5.56 Å². The van der Waals surface area contributed by atoms with Gasteiger partial charge in [0.1, 0.15) is 5.15 Å². The minimum atomic E-state index is -0.116. The number of nitriles is 1. The number of aryl methyl sites for hydroxylation is 1.